The third-order valence-electron chi connectivity index (χ3n) is 3.07. The van der Waals surface area contributed by atoms with E-state index in [1.165, 1.54) is 5.56 Å². The summed E-state index contributed by atoms with van der Waals surface area (Å²) in [6.07, 6.45) is 0.830. The third kappa shape index (κ3) is 3.38. The zero-order chi connectivity index (χ0) is 13.7. The van der Waals surface area contributed by atoms with Crippen LogP contribution in [0.15, 0.2) is 55.1 Å². The highest BCUT2D eigenvalue weighted by molar-refractivity contribution is 5.66. The van der Waals surface area contributed by atoms with E-state index in [0.717, 1.165) is 29.1 Å². The lowest BCUT2D eigenvalue weighted by atomic mass is 9.99. The van der Waals surface area contributed by atoms with E-state index in [1.54, 1.807) is 14.2 Å². The molecule has 2 aromatic rings. The molecule has 0 spiro atoms. The van der Waals surface area contributed by atoms with Gasteiger partial charge in [0.2, 0.25) is 0 Å². The molecule has 0 aliphatic rings. The fraction of sp³-hybridized carbons (Fsp3) is 0.176. The van der Waals surface area contributed by atoms with Crippen LogP contribution < -0.4 is 9.47 Å². The molecule has 0 radical (unpaired) electrons. The van der Waals surface area contributed by atoms with Crippen molar-refractivity contribution < 1.29 is 9.47 Å². The van der Waals surface area contributed by atoms with Crippen molar-refractivity contribution in [1.29, 1.82) is 0 Å². The van der Waals surface area contributed by atoms with Crippen LogP contribution >= 0.6 is 0 Å². The van der Waals surface area contributed by atoms with Gasteiger partial charge < -0.3 is 9.47 Å². The Morgan fingerprint density at radius 3 is 1.79 bits per heavy atom. The zero-order valence-electron chi connectivity index (χ0n) is 11.3. The van der Waals surface area contributed by atoms with E-state index in [1.807, 2.05) is 36.4 Å². The lowest BCUT2D eigenvalue weighted by Gasteiger charge is -2.08. The van der Waals surface area contributed by atoms with Gasteiger partial charge in [-0.3, -0.25) is 0 Å². The van der Waals surface area contributed by atoms with Gasteiger partial charge in [0.1, 0.15) is 11.5 Å². The molecule has 0 heterocycles. The normalized spacial score (nSPS) is 10.0. The van der Waals surface area contributed by atoms with Crippen molar-refractivity contribution in [2.24, 2.45) is 0 Å². The Kier molecular flexibility index (Phi) is 4.24. The number of ether oxygens (including phenoxy) is 2. The second-order valence-corrected chi connectivity index (χ2v) is 4.36. The summed E-state index contributed by atoms with van der Waals surface area (Å²) in [5, 5.41) is 0. The first kappa shape index (κ1) is 13.2. The van der Waals surface area contributed by atoms with Crippen LogP contribution in [-0.2, 0) is 6.42 Å². The summed E-state index contributed by atoms with van der Waals surface area (Å²) in [5.74, 6) is 1.74. The number of hydrogen-bond donors (Lipinski definition) is 0. The monoisotopic (exact) mass is 254 g/mol. The quantitative estimate of drug-likeness (QED) is 0.804. The molecule has 0 aromatic heterocycles. The SMILES string of the molecule is C=C(Cc1ccc(OC)cc1)c1ccc(OC)cc1. The maximum absolute atomic E-state index is 5.15. The Balaban J connectivity index is 2.06. The van der Waals surface area contributed by atoms with Crippen molar-refractivity contribution in [3.8, 4) is 11.5 Å². The average molecular weight is 254 g/mol. The van der Waals surface area contributed by atoms with E-state index in [9.17, 15) is 0 Å². The van der Waals surface area contributed by atoms with Crippen LogP contribution in [0.3, 0.4) is 0 Å². The highest BCUT2D eigenvalue weighted by atomic mass is 16.5. The predicted octanol–water partition coefficient (Wildman–Crippen LogP) is 3.96. The van der Waals surface area contributed by atoms with Crippen molar-refractivity contribution in [2.75, 3.05) is 14.2 Å². The summed E-state index contributed by atoms with van der Waals surface area (Å²) in [5.41, 5.74) is 3.45. The van der Waals surface area contributed by atoms with Gasteiger partial charge in [-0.25, -0.2) is 0 Å². The third-order valence-corrected chi connectivity index (χ3v) is 3.07. The lowest BCUT2D eigenvalue weighted by Crippen LogP contribution is -1.91. The molecule has 0 amide bonds. The molecule has 19 heavy (non-hydrogen) atoms. The first-order valence-corrected chi connectivity index (χ1v) is 6.18. The molecule has 2 aromatic carbocycles. The summed E-state index contributed by atoms with van der Waals surface area (Å²) < 4.78 is 10.3. The first-order chi connectivity index (χ1) is 9.22. The highest BCUT2D eigenvalue weighted by Gasteiger charge is 2.02. The predicted molar refractivity (Wildman–Crippen MR) is 78.7 cm³/mol. The van der Waals surface area contributed by atoms with Gasteiger partial charge in [-0.2, -0.15) is 0 Å². The first-order valence-electron chi connectivity index (χ1n) is 6.18. The Bertz CT molecular complexity index is 538. The number of hydrogen-bond acceptors (Lipinski definition) is 2. The Morgan fingerprint density at radius 2 is 1.32 bits per heavy atom. The summed E-state index contributed by atoms with van der Waals surface area (Å²) in [7, 11) is 3.34. The highest BCUT2D eigenvalue weighted by Crippen LogP contribution is 2.22. The van der Waals surface area contributed by atoms with Crippen LogP contribution in [0.1, 0.15) is 11.1 Å². The molecular weight excluding hydrogens is 236 g/mol. The molecule has 2 heteroatoms. The largest absolute Gasteiger partial charge is 0.497 e. The van der Waals surface area contributed by atoms with Crippen molar-refractivity contribution in [2.45, 2.75) is 6.42 Å². The van der Waals surface area contributed by atoms with E-state index in [0.29, 0.717) is 0 Å². The van der Waals surface area contributed by atoms with Crippen LogP contribution in [0.5, 0.6) is 11.5 Å². The Labute approximate surface area is 114 Å². The fourth-order valence-corrected chi connectivity index (χ4v) is 1.92. The van der Waals surface area contributed by atoms with E-state index in [2.05, 4.69) is 18.7 Å². The average Bonchev–Trinajstić information content (AvgIpc) is 2.48. The van der Waals surface area contributed by atoms with Crippen molar-refractivity contribution >= 4 is 5.57 Å². The van der Waals surface area contributed by atoms with E-state index in [-0.39, 0.29) is 0 Å². The van der Waals surface area contributed by atoms with Gasteiger partial charge in [0, 0.05) is 0 Å². The second-order valence-electron chi connectivity index (χ2n) is 4.36. The molecule has 0 saturated heterocycles. The van der Waals surface area contributed by atoms with Crippen molar-refractivity contribution in [1.82, 2.24) is 0 Å². The second kappa shape index (κ2) is 6.10. The maximum Gasteiger partial charge on any atom is 0.118 e. The summed E-state index contributed by atoms with van der Waals surface area (Å²) in [4.78, 5) is 0. The minimum atomic E-state index is 0.830. The minimum Gasteiger partial charge on any atom is -0.497 e. The standard InChI is InChI=1S/C17H18O2/c1-13(15-6-10-17(19-3)11-7-15)12-14-4-8-16(18-2)9-5-14/h4-11H,1,12H2,2-3H3. The van der Waals surface area contributed by atoms with Gasteiger partial charge in [-0.1, -0.05) is 30.8 Å². The fourth-order valence-electron chi connectivity index (χ4n) is 1.92. The van der Waals surface area contributed by atoms with Crippen LogP contribution in [0.25, 0.3) is 5.57 Å². The van der Waals surface area contributed by atoms with Gasteiger partial charge in [0.05, 0.1) is 14.2 Å². The molecule has 0 unspecified atom stereocenters. The minimum absolute atomic E-state index is 0.830. The molecule has 0 atom stereocenters. The maximum atomic E-state index is 5.15. The molecule has 98 valence electrons. The van der Waals surface area contributed by atoms with E-state index >= 15 is 0 Å². The van der Waals surface area contributed by atoms with Crippen molar-refractivity contribution in [3.63, 3.8) is 0 Å². The van der Waals surface area contributed by atoms with Crippen molar-refractivity contribution in [3.05, 3.63) is 66.2 Å². The van der Waals surface area contributed by atoms with Crippen LogP contribution in [0.4, 0.5) is 0 Å². The zero-order valence-corrected chi connectivity index (χ0v) is 11.3. The molecule has 0 N–H and O–H groups in total. The van der Waals surface area contributed by atoms with Gasteiger partial charge in [0.25, 0.3) is 0 Å². The van der Waals surface area contributed by atoms with Gasteiger partial charge >= 0.3 is 0 Å². The number of allylic oxidation sites excluding steroid dienone is 1. The van der Waals surface area contributed by atoms with Crippen LogP contribution in [-0.4, -0.2) is 14.2 Å². The molecule has 2 nitrogen and oxygen atoms in total. The topological polar surface area (TPSA) is 18.5 Å². The number of methoxy groups -OCH3 is 2. The molecular formula is C17H18O2. The van der Waals surface area contributed by atoms with Gasteiger partial charge in [-0.05, 0) is 47.4 Å². The van der Waals surface area contributed by atoms with Gasteiger partial charge in [0.15, 0.2) is 0 Å². The van der Waals surface area contributed by atoms with E-state index < -0.39 is 0 Å². The summed E-state index contributed by atoms with van der Waals surface area (Å²) in [6, 6.07) is 16.0. The lowest BCUT2D eigenvalue weighted by molar-refractivity contribution is 0.414. The van der Waals surface area contributed by atoms with Crippen LogP contribution in [0, 0.1) is 0 Å². The summed E-state index contributed by atoms with van der Waals surface area (Å²) >= 11 is 0. The van der Waals surface area contributed by atoms with Gasteiger partial charge in [-0.15, -0.1) is 0 Å². The number of rotatable bonds is 5. The number of benzene rings is 2. The molecule has 0 fully saturated rings. The molecule has 0 bridgehead atoms. The molecule has 0 aliphatic heterocycles. The Hall–Kier alpha value is -2.22. The molecule has 0 saturated carbocycles. The van der Waals surface area contributed by atoms with E-state index in [4.69, 9.17) is 9.47 Å². The van der Waals surface area contributed by atoms with Crippen LogP contribution in [0.2, 0.25) is 0 Å². The molecule has 0 aliphatic carbocycles. The Morgan fingerprint density at radius 1 is 0.842 bits per heavy atom. The smallest absolute Gasteiger partial charge is 0.118 e. The molecule has 2 rings (SSSR count). The summed E-state index contributed by atoms with van der Waals surface area (Å²) in [6.45, 7) is 4.15.